The van der Waals surface area contributed by atoms with Crippen molar-refractivity contribution >= 4 is 10.9 Å². The van der Waals surface area contributed by atoms with E-state index < -0.39 is 0 Å². The maximum atomic E-state index is 3.38. The van der Waals surface area contributed by atoms with E-state index in [2.05, 4.69) is 52.5 Å². The van der Waals surface area contributed by atoms with Crippen LogP contribution in [0.15, 0.2) is 42.6 Å². The van der Waals surface area contributed by atoms with Crippen LogP contribution < -0.4 is 0 Å². The summed E-state index contributed by atoms with van der Waals surface area (Å²) in [7, 11) is 0. The third-order valence-electron chi connectivity index (χ3n) is 4.72. The Hall–Kier alpha value is -1.54. The van der Waals surface area contributed by atoms with Crippen LogP contribution in [0.5, 0.6) is 0 Å². The molecule has 19 heavy (non-hydrogen) atoms. The quantitative estimate of drug-likeness (QED) is 0.830. The van der Waals surface area contributed by atoms with Crippen molar-refractivity contribution in [3.8, 4) is 0 Å². The van der Waals surface area contributed by atoms with Gasteiger partial charge in [0.1, 0.15) is 0 Å². The number of benzene rings is 1. The third kappa shape index (κ3) is 2.00. The van der Waals surface area contributed by atoms with E-state index >= 15 is 0 Å². The van der Waals surface area contributed by atoms with Gasteiger partial charge in [-0.3, -0.25) is 4.90 Å². The Labute approximate surface area is 114 Å². The van der Waals surface area contributed by atoms with Gasteiger partial charge in [-0.05, 0) is 36.8 Å². The summed E-state index contributed by atoms with van der Waals surface area (Å²) in [6.07, 6.45) is 10.9. The number of piperidine rings is 1. The van der Waals surface area contributed by atoms with E-state index in [0.717, 1.165) is 12.3 Å². The van der Waals surface area contributed by atoms with Gasteiger partial charge in [-0.15, -0.1) is 0 Å². The predicted octanol–water partition coefficient (Wildman–Crippen LogP) is 3.36. The lowest BCUT2D eigenvalue weighted by Crippen LogP contribution is -2.45. The fraction of sp³-hybridized carbons (Fsp3) is 0.412. The van der Waals surface area contributed by atoms with E-state index in [0.29, 0.717) is 6.04 Å². The number of hydrogen-bond donors (Lipinski definition) is 1. The molecule has 0 amide bonds. The molecule has 0 saturated carbocycles. The Balaban J connectivity index is 1.49. The largest absolute Gasteiger partial charge is 0.361 e. The van der Waals surface area contributed by atoms with E-state index in [1.54, 1.807) is 0 Å². The molecule has 1 N–H and O–H groups in total. The standard InChI is InChI=1S/C17H20N2/c1-2-4-17-16(3-1)14(11-18-17)9-10-19-12-13-5-7-15(19)8-6-13/h1-5,7,11,13,15,18H,6,8-10,12H2/t13-,15+/m1/s1. The Morgan fingerprint density at radius 3 is 2.89 bits per heavy atom. The van der Waals surface area contributed by atoms with Gasteiger partial charge in [-0.1, -0.05) is 30.4 Å². The average Bonchev–Trinajstić information content (AvgIpc) is 2.90. The topological polar surface area (TPSA) is 19.0 Å². The minimum atomic E-state index is 0.704. The molecule has 98 valence electrons. The highest BCUT2D eigenvalue weighted by molar-refractivity contribution is 5.83. The van der Waals surface area contributed by atoms with Gasteiger partial charge in [-0.25, -0.2) is 0 Å². The van der Waals surface area contributed by atoms with Crippen molar-refractivity contribution < 1.29 is 0 Å². The zero-order valence-electron chi connectivity index (χ0n) is 11.2. The van der Waals surface area contributed by atoms with E-state index in [1.165, 1.54) is 42.4 Å². The Bertz CT molecular complexity index is 611. The molecule has 0 radical (unpaired) electrons. The highest BCUT2D eigenvalue weighted by Gasteiger charge is 2.29. The molecule has 2 heteroatoms. The molecule has 3 heterocycles. The SMILES string of the molecule is C1=C[C@H]2CC[C@@H]1CN2CCc1c[nH]c2ccccc12. The molecule has 3 aliphatic rings. The first kappa shape index (κ1) is 11.3. The van der Waals surface area contributed by atoms with E-state index in [4.69, 9.17) is 0 Å². The summed E-state index contributed by atoms with van der Waals surface area (Å²) in [6, 6.07) is 9.31. The van der Waals surface area contributed by atoms with Gasteiger partial charge < -0.3 is 4.98 Å². The lowest BCUT2D eigenvalue weighted by atomic mass is 9.86. The minimum Gasteiger partial charge on any atom is -0.361 e. The van der Waals surface area contributed by atoms with Crippen molar-refractivity contribution in [3.63, 3.8) is 0 Å². The first-order valence-electron chi connectivity index (χ1n) is 7.37. The van der Waals surface area contributed by atoms with Gasteiger partial charge in [0.15, 0.2) is 0 Å². The number of para-hydroxylation sites is 1. The lowest BCUT2D eigenvalue weighted by molar-refractivity contribution is 0.139. The van der Waals surface area contributed by atoms with Crippen LogP contribution in [-0.2, 0) is 6.42 Å². The Morgan fingerprint density at radius 2 is 2.11 bits per heavy atom. The zero-order chi connectivity index (χ0) is 12.7. The van der Waals surface area contributed by atoms with Crippen LogP contribution in [0.3, 0.4) is 0 Å². The summed E-state index contributed by atoms with van der Waals surface area (Å²) in [5.41, 5.74) is 2.72. The second-order valence-corrected chi connectivity index (χ2v) is 5.89. The molecule has 1 aromatic carbocycles. The molecule has 0 unspecified atom stereocenters. The number of H-pyrrole nitrogens is 1. The van der Waals surface area contributed by atoms with Gasteiger partial charge in [0.05, 0.1) is 0 Å². The van der Waals surface area contributed by atoms with Crippen LogP contribution in [0.4, 0.5) is 0 Å². The lowest BCUT2D eigenvalue weighted by Gasteiger charge is -2.41. The number of fused-ring (bicyclic) bond motifs is 3. The second-order valence-electron chi connectivity index (χ2n) is 5.89. The smallest absolute Gasteiger partial charge is 0.0456 e. The van der Waals surface area contributed by atoms with Crippen LogP contribution in [-0.4, -0.2) is 29.0 Å². The fourth-order valence-electron chi connectivity index (χ4n) is 3.62. The fourth-order valence-corrected chi connectivity index (χ4v) is 3.62. The zero-order valence-corrected chi connectivity index (χ0v) is 11.2. The predicted molar refractivity (Wildman–Crippen MR) is 79.2 cm³/mol. The molecule has 1 saturated heterocycles. The van der Waals surface area contributed by atoms with E-state index in [9.17, 15) is 0 Å². The molecule has 1 aliphatic carbocycles. The highest BCUT2D eigenvalue weighted by Crippen LogP contribution is 2.29. The van der Waals surface area contributed by atoms with Crippen LogP contribution in [0.25, 0.3) is 10.9 Å². The van der Waals surface area contributed by atoms with Gasteiger partial charge in [0.25, 0.3) is 0 Å². The molecule has 2 bridgehead atoms. The number of aromatic nitrogens is 1. The highest BCUT2D eigenvalue weighted by atomic mass is 15.2. The van der Waals surface area contributed by atoms with Crippen LogP contribution >= 0.6 is 0 Å². The van der Waals surface area contributed by atoms with Crippen molar-refractivity contribution in [1.82, 2.24) is 9.88 Å². The first-order chi connectivity index (χ1) is 9.40. The molecule has 5 rings (SSSR count). The monoisotopic (exact) mass is 252 g/mol. The van der Waals surface area contributed by atoms with Crippen molar-refractivity contribution in [2.45, 2.75) is 25.3 Å². The first-order valence-corrected chi connectivity index (χ1v) is 7.37. The van der Waals surface area contributed by atoms with Crippen molar-refractivity contribution in [2.75, 3.05) is 13.1 Å². The maximum Gasteiger partial charge on any atom is 0.0456 e. The second kappa shape index (κ2) is 4.53. The van der Waals surface area contributed by atoms with E-state index in [-0.39, 0.29) is 0 Å². The number of rotatable bonds is 3. The van der Waals surface area contributed by atoms with Crippen molar-refractivity contribution in [1.29, 1.82) is 0 Å². The summed E-state index contributed by atoms with van der Waals surface area (Å²) >= 11 is 0. The summed E-state index contributed by atoms with van der Waals surface area (Å²) < 4.78 is 0. The maximum absolute atomic E-state index is 3.38. The summed E-state index contributed by atoms with van der Waals surface area (Å²) in [5.74, 6) is 0.813. The molecule has 0 spiro atoms. The summed E-state index contributed by atoms with van der Waals surface area (Å²) in [4.78, 5) is 6.04. The van der Waals surface area contributed by atoms with Crippen molar-refractivity contribution in [2.24, 2.45) is 5.92 Å². The summed E-state index contributed by atoms with van der Waals surface area (Å²) in [5, 5.41) is 1.39. The van der Waals surface area contributed by atoms with Crippen LogP contribution in [0, 0.1) is 5.92 Å². The van der Waals surface area contributed by atoms with Crippen LogP contribution in [0.2, 0.25) is 0 Å². The van der Waals surface area contributed by atoms with E-state index in [1.807, 2.05) is 0 Å². The minimum absolute atomic E-state index is 0.704. The van der Waals surface area contributed by atoms with Gasteiger partial charge >= 0.3 is 0 Å². The third-order valence-corrected chi connectivity index (χ3v) is 4.72. The average molecular weight is 252 g/mol. The Morgan fingerprint density at radius 1 is 1.16 bits per heavy atom. The molecular weight excluding hydrogens is 232 g/mol. The van der Waals surface area contributed by atoms with Crippen molar-refractivity contribution in [3.05, 3.63) is 48.2 Å². The molecule has 2 atom stereocenters. The molecule has 2 nitrogen and oxygen atoms in total. The number of nitrogens with one attached hydrogen (secondary N) is 1. The molecular formula is C17H20N2. The number of hydrogen-bond acceptors (Lipinski definition) is 1. The number of nitrogens with zero attached hydrogens (tertiary/aromatic N) is 1. The normalized spacial score (nSPS) is 26.3. The Kier molecular flexibility index (Phi) is 2.70. The molecule has 2 aromatic rings. The molecule has 2 aliphatic heterocycles. The number of aromatic amines is 1. The van der Waals surface area contributed by atoms with Gasteiger partial charge in [-0.2, -0.15) is 0 Å². The molecule has 1 fully saturated rings. The summed E-state index contributed by atoms with van der Waals surface area (Å²) in [6.45, 7) is 2.46. The van der Waals surface area contributed by atoms with Gasteiger partial charge in [0, 0.05) is 36.2 Å². The van der Waals surface area contributed by atoms with Crippen LogP contribution in [0.1, 0.15) is 18.4 Å². The molecule has 1 aromatic heterocycles. The van der Waals surface area contributed by atoms with Gasteiger partial charge in [0.2, 0.25) is 0 Å².